The van der Waals surface area contributed by atoms with Crippen LogP contribution in [0.15, 0.2) is 71.3 Å². The Balaban J connectivity index is 2.12. The highest BCUT2D eigenvalue weighted by Crippen LogP contribution is 2.17. The van der Waals surface area contributed by atoms with E-state index < -0.39 is 23.9 Å². The minimum Gasteiger partial charge on any atom is -0.379 e. The molecule has 142 valence electrons. The van der Waals surface area contributed by atoms with E-state index in [1.165, 1.54) is 0 Å². The smallest absolute Gasteiger partial charge is 0.379 e. The van der Waals surface area contributed by atoms with Crippen molar-refractivity contribution in [3.05, 3.63) is 76.9 Å². The molecule has 1 atom stereocenters. The fourth-order valence-corrected chi connectivity index (χ4v) is 2.61. The summed E-state index contributed by atoms with van der Waals surface area (Å²) in [6.45, 7) is 0. The molecule has 1 amide bonds. The summed E-state index contributed by atoms with van der Waals surface area (Å²) in [6.07, 6.45) is -3.51. The van der Waals surface area contributed by atoms with E-state index in [4.69, 9.17) is 0 Å². The van der Waals surface area contributed by atoms with Crippen molar-refractivity contribution in [2.45, 2.75) is 18.6 Å². The van der Waals surface area contributed by atoms with E-state index in [1.807, 2.05) is 6.07 Å². The molecule has 0 aliphatic rings. The van der Waals surface area contributed by atoms with Crippen molar-refractivity contribution in [2.24, 2.45) is 0 Å². The third-order valence-corrected chi connectivity index (χ3v) is 4.00. The van der Waals surface area contributed by atoms with E-state index in [1.54, 1.807) is 48.5 Å². The lowest BCUT2D eigenvalue weighted by molar-refractivity contribution is -0.165. The second-order valence-corrected chi connectivity index (χ2v) is 6.52. The van der Waals surface area contributed by atoms with Gasteiger partial charge in [0.15, 0.2) is 0 Å². The lowest BCUT2D eigenvalue weighted by atomic mass is 10.1. The van der Waals surface area contributed by atoms with Crippen LogP contribution in [0, 0.1) is 0 Å². The first-order valence-electron chi connectivity index (χ1n) is 7.90. The van der Waals surface area contributed by atoms with Gasteiger partial charge in [-0.1, -0.05) is 52.3 Å². The number of hydrogen-bond acceptors (Lipinski definition) is 3. The number of anilines is 1. The van der Waals surface area contributed by atoms with E-state index >= 15 is 0 Å². The van der Waals surface area contributed by atoms with Crippen LogP contribution in [0.25, 0.3) is 0 Å². The Hall–Kier alpha value is -2.61. The summed E-state index contributed by atoms with van der Waals surface area (Å²) in [4.78, 5) is 23.5. The van der Waals surface area contributed by atoms with E-state index in [9.17, 15) is 22.8 Å². The van der Waals surface area contributed by atoms with Crippen LogP contribution in [-0.4, -0.2) is 23.9 Å². The topological polar surface area (TPSA) is 58.2 Å². The molecular weight excluding hydrogens is 425 g/mol. The molecule has 2 aromatic rings. The standard InChI is InChI=1S/C19H16BrF3N2O2/c20-14-7-4-8-15(12-14)25-18(27)16(11-13-5-2-1-3-6-13)24-10-9-17(26)19(21,22)23/h1-10,12,16,24H,11H2,(H,25,27). The average Bonchev–Trinajstić information content (AvgIpc) is 2.60. The first-order valence-corrected chi connectivity index (χ1v) is 8.69. The molecule has 0 spiro atoms. The largest absolute Gasteiger partial charge is 0.454 e. The number of benzene rings is 2. The van der Waals surface area contributed by atoms with Crippen LogP contribution < -0.4 is 10.6 Å². The van der Waals surface area contributed by atoms with E-state index in [0.717, 1.165) is 16.2 Å². The zero-order valence-electron chi connectivity index (χ0n) is 14.0. The Kier molecular flexibility index (Phi) is 7.18. The summed E-state index contributed by atoms with van der Waals surface area (Å²) in [5.74, 6) is -2.44. The van der Waals surface area contributed by atoms with Gasteiger partial charge in [0.2, 0.25) is 5.91 Å². The zero-order chi connectivity index (χ0) is 19.9. The molecule has 0 heterocycles. The molecule has 8 heteroatoms. The van der Waals surface area contributed by atoms with Crippen molar-refractivity contribution in [3.63, 3.8) is 0 Å². The molecule has 2 rings (SSSR count). The van der Waals surface area contributed by atoms with Crippen molar-refractivity contribution < 1.29 is 22.8 Å². The highest BCUT2D eigenvalue weighted by atomic mass is 79.9. The van der Waals surface area contributed by atoms with E-state index in [0.29, 0.717) is 11.8 Å². The number of hydrogen-bond donors (Lipinski definition) is 2. The van der Waals surface area contributed by atoms with Crippen LogP contribution in [0.2, 0.25) is 0 Å². The quantitative estimate of drug-likeness (QED) is 0.633. The molecular formula is C19H16BrF3N2O2. The maximum Gasteiger partial charge on any atom is 0.454 e. The van der Waals surface area contributed by atoms with Crippen LogP contribution >= 0.6 is 15.9 Å². The van der Waals surface area contributed by atoms with Gasteiger partial charge in [-0.25, -0.2) is 0 Å². The molecule has 4 nitrogen and oxygen atoms in total. The number of rotatable bonds is 7. The number of alkyl halides is 3. The van der Waals surface area contributed by atoms with Gasteiger partial charge in [-0.15, -0.1) is 0 Å². The zero-order valence-corrected chi connectivity index (χ0v) is 15.5. The number of allylic oxidation sites excluding steroid dienone is 1. The van der Waals surface area contributed by atoms with Crippen LogP contribution in [0.3, 0.4) is 0 Å². The molecule has 0 aliphatic carbocycles. The third-order valence-electron chi connectivity index (χ3n) is 3.50. The summed E-state index contributed by atoms with van der Waals surface area (Å²) in [6, 6.07) is 15.0. The van der Waals surface area contributed by atoms with Gasteiger partial charge in [0, 0.05) is 28.9 Å². The lowest BCUT2D eigenvalue weighted by Crippen LogP contribution is -2.39. The summed E-state index contributed by atoms with van der Waals surface area (Å²) < 4.78 is 37.6. The molecule has 0 saturated carbocycles. The van der Waals surface area contributed by atoms with Gasteiger partial charge in [0.25, 0.3) is 5.78 Å². The van der Waals surface area contributed by atoms with Crippen LogP contribution in [0.5, 0.6) is 0 Å². The first-order chi connectivity index (χ1) is 12.8. The Labute approximate surface area is 162 Å². The molecule has 2 aromatic carbocycles. The lowest BCUT2D eigenvalue weighted by Gasteiger charge is -2.17. The van der Waals surface area contributed by atoms with E-state index in [-0.39, 0.29) is 6.42 Å². The summed E-state index contributed by atoms with van der Waals surface area (Å²) >= 11 is 3.30. The number of ketones is 1. The van der Waals surface area contributed by atoms with Gasteiger partial charge < -0.3 is 10.6 Å². The predicted molar refractivity (Wildman–Crippen MR) is 100 cm³/mol. The molecule has 0 saturated heterocycles. The Morgan fingerprint density at radius 2 is 1.78 bits per heavy atom. The molecule has 27 heavy (non-hydrogen) atoms. The van der Waals surface area contributed by atoms with Crippen molar-refractivity contribution in [3.8, 4) is 0 Å². The SMILES string of the molecule is O=C(Nc1cccc(Br)c1)C(Cc1ccccc1)NC=CC(=O)C(F)(F)F. The maximum absolute atomic E-state index is 12.6. The van der Waals surface area contributed by atoms with Crippen LogP contribution in [0.4, 0.5) is 18.9 Å². The summed E-state index contributed by atoms with van der Waals surface area (Å²) in [7, 11) is 0. The molecule has 0 fully saturated rings. The van der Waals surface area contributed by atoms with Gasteiger partial charge in [-0.2, -0.15) is 13.2 Å². The number of amides is 1. The van der Waals surface area contributed by atoms with Crippen LogP contribution in [-0.2, 0) is 16.0 Å². The van der Waals surface area contributed by atoms with Crippen molar-refractivity contribution in [2.75, 3.05) is 5.32 Å². The Morgan fingerprint density at radius 3 is 2.41 bits per heavy atom. The second-order valence-electron chi connectivity index (χ2n) is 5.60. The Bertz CT molecular complexity index is 823. The molecule has 2 N–H and O–H groups in total. The van der Waals surface area contributed by atoms with Gasteiger partial charge in [-0.3, -0.25) is 9.59 Å². The van der Waals surface area contributed by atoms with Gasteiger partial charge in [0.05, 0.1) is 0 Å². The summed E-state index contributed by atoms with van der Waals surface area (Å²) in [5.41, 5.74) is 1.35. The number of carbonyl (C=O) groups excluding carboxylic acids is 2. The average molecular weight is 441 g/mol. The number of nitrogens with one attached hydrogen (secondary N) is 2. The van der Waals surface area contributed by atoms with Crippen molar-refractivity contribution >= 4 is 33.3 Å². The molecule has 1 unspecified atom stereocenters. The fourth-order valence-electron chi connectivity index (χ4n) is 2.21. The highest BCUT2D eigenvalue weighted by Gasteiger charge is 2.36. The maximum atomic E-state index is 12.6. The molecule has 0 radical (unpaired) electrons. The normalized spacial score (nSPS) is 12.6. The van der Waals surface area contributed by atoms with Crippen molar-refractivity contribution in [1.29, 1.82) is 0 Å². The molecule has 0 aliphatic heterocycles. The monoisotopic (exact) mass is 440 g/mol. The van der Waals surface area contributed by atoms with Gasteiger partial charge in [0.1, 0.15) is 6.04 Å². The Morgan fingerprint density at radius 1 is 1.07 bits per heavy atom. The number of halogens is 4. The minimum atomic E-state index is -4.95. The third kappa shape index (κ3) is 6.90. The fraction of sp³-hybridized carbons (Fsp3) is 0.158. The highest BCUT2D eigenvalue weighted by molar-refractivity contribution is 9.10. The van der Waals surface area contributed by atoms with Crippen molar-refractivity contribution in [1.82, 2.24) is 5.32 Å². The van der Waals surface area contributed by atoms with Gasteiger partial charge >= 0.3 is 6.18 Å². The second kappa shape index (κ2) is 9.36. The van der Waals surface area contributed by atoms with Gasteiger partial charge in [-0.05, 0) is 23.8 Å². The number of carbonyl (C=O) groups is 2. The molecule has 0 bridgehead atoms. The first kappa shape index (κ1) is 20.7. The minimum absolute atomic E-state index is 0.227. The summed E-state index contributed by atoms with van der Waals surface area (Å²) in [5, 5.41) is 5.28. The van der Waals surface area contributed by atoms with E-state index in [2.05, 4.69) is 26.6 Å². The predicted octanol–water partition coefficient (Wildman–Crippen LogP) is 4.23. The van der Waals surface area contributed by atoms with Crippen LogP contribution in [0.1, 0.15) is 5.56 Å². The molecule has 0 aromatic heterocycles.